The van der Waals surface area contributed by atoms with Crippen LogP contribution in [0.5, 0.6) is 0 Å². The number of amides is 2. The van der Waals surface area contributed by atoms with Crippen molar-refractivity contribution in [2.24, 2.45) is 0 Å². The van der Waals surface area contributed by atoms with Crippen LogP contribution >= 0.6 is 0 Å². The number of anilines is 1. The van der Waals surface area contributed by atoms with Crippen molar-refractivity contribution >= 4 is 11.7 Å². The predicted octanol–water partition coefficient (Wildman–Crippen LogP) is 3.27. The zero-order valence-corrected chi connectivity index (χ0v) is 17.0. The smallest absolute Gasteiger partial charge is 0.317 e. The van der Waals surface area contributed by atoms with Gasteiger partial charge in [0.25, 0.3) is 5.89 Å². The standard InChI is InChI=1S/C22H21FN6O2/c1-2-25-22(30)29-11-9-28(10-12-29)17-6-4-16(5-7-17)20-26-21(31-27-20)18-8-3-15(14-24)13-19(18)23/h3-8,13H,2,9-12H2,1H3,(H,25,30). The summed E-state index contributed by atoms with van der Waals surface area (Å²) in [6, 6.07) is 13.7. The van der Waals surface area contributed by atoms with E-state index in [0.29, 0.717) is 25.5 Å². The van der Waals surface area contributed by atoms with Gasteiger partial charge >= 0.3 is 6.03 Å². The Bertz CT molecular complexity index is 1110. The van der Waals surface area contributed by atoms with Crippen LogP contribution in [-0.4, -0.2) is 53.8 Å². The highest BCUT2D eigenvalue weighted by molar-refractivity contribution is 5.74. The molecule has 1 aliphatic rings. The molecule has 2 aromatic carbocycles. The Morgan fingerprint density at radius 1 is 1.19 bits per heavy atom. The van der Waals surface area contributed by atoms with Gasteiger partial charge < -0.3 is 19.6 Å². The first kappa shape index (κ1) is 20.3. The van der Waals surface area contributed by atoms with E-state index in [4.69, 9.17) is 9.78 Å². The molecule has 0 aliphatic carbocycles. The number of urea groups is 1. The lowest BCUT2D eigenvalue weighted by atomic mass is 10.1. The van der Waals surface area contributed by atoms with Gasteiger partial charge in [-0.1, -0.05) is 5.16 Å². The maximum absolute atomic E-state index is 14.2. The molecule has 1 aliphatic heterocycles. The summed E-state index contributed by atoms with van der Waals surface area (Å²) < 4.78 is 19.4. The molecular formula is C22H21FN6O2. The lowest BCUT2D eigenvalue weighted by Gasteiger charge is -2.36. The van der Waals surface area contributed by atoms with Gasteiger partial charge in [0.05, 0.1) is 17.2 Å². The fourth-order valence-electron chi connectivity index (χ4n) is 3.46. The van der Waals surface area contributed by atoms with Crippen LogP contribution in [0.2, 0.25) is 0 Å². The maximum atomic E-state index is 14.2. The maximum Gasteiger partial charge on any atom is 0.317 e. The number of nitriles is 1. The molecule has 0 saturated carbocycles. The molecule has 0 unspecified atom stereocenters. The van der Waals surface area contributed by atoms with E-state index < -0.39 is 5.82 Å². The zero-order chi connectivity index (χ0) is 21.8. The molecule has 1 aromatic heterocycles. The fraction of sp³-hybridized carbons (Fsp3) is 0.273. The largest absolute Gasteiger partial charge is 0.368 e. The van der Waals surface area contributed by atoms with Crippen LogP contribution < -0.4 is 10.2 Å². The van der Waals surface area contributed by atoms with Gasteiger partial charge in [-0.15, -0.1) is 0 Å². The van der Waals surface area contributed by atoms with Gasteiger partial charge in [-0.05, 0) is 49.4 Å². The van der Waals surface area contributed by atoms with Crippen LogP contribution in [0.25, 0.3) is 22.8 Å². The Morgan fingerprint density at radius 3 is 2.58 bits per heavy atom. The van der Waals surface area contributed by atoms with E-state index in [0.717, 1.165) is 30.4 Å². The number of nitrogens with zero attached hydrogens (tertiary/aromatic N) is 5. The highest BCUT2D eigenvalue weighted by atomic mass is 19.1. The average Bonchev–Trinajstić information content (AvgIpc) is 3.29. The molecule has 0 atom stereocenters. The molecule has 9 heteroatoms. The van der Waals surface area contributed by atoms with E-state index in [-0.39, 0.29) is 23.0 Å². The number of hydrogen-bond donors (Lipinski definition) is 1. The molecule has 1 N–H and O–H groups in total. The molecule has 158 valence electrons. The van der Waals surface area contributed by atoms with Gasteiger partial charge in [-0.3, -0.25) is 0 Å². The molecule has 0 spiro atoms. The normalized spacial score (nSPS) is 13.7. The molecule has 3 aromatic rings. The van der Waals surface area contributed by atoms with Gasteiger partial charge in [0, 0.05) is 44.0 Å². The van der Waals surface area contributed by atoms with Crippen molar-refractivity contribution in [1.29, 1.82) is 5.26 Å². The molecular weight excluding hydrogens is 399 g/mol. The monoisotopic (exact) mass is 420 g/mol. The molecule has 2 amide bonds. The minimum atomic E-state index is -0.587. The summed E-state index contributed by atoms with van der Waals surface area (Å²) in [6.07, 6.45) is 0. The SMILES string of the molecule is CCNC(=O)N1CCN(c2ccc(-c3noc(-c4ccc(C#N)cc4F)n3)cc2)CC1. The summed E-state index contributed by atoms with van der Waals surface area (Å²) >= 11 is 0. The third kappa shape index (κ3) is 4.33. The van der Waals surface area contributed by atoms with Crippen LogP contribution in [0.15, 0.2) is 47.0 Å². The Kier molecular flexibility index (Phi) is 5.80. The van der Waals surface area contributed by atoms with E-state index in [1.807, 2.05) is 42.2 Å². The quantitative estimate of drug-likeness (QED) is 0.696. The Labute approximate surface area is 178 Å². The topological polar surface area (TPSA) is 98.3 Å². The highest BCUT2D eigenvalue weighted by Crippen LogP contribution is 2.26. The molecule has 0 radical (unpaired) electrons. The number of hydrogen-bond acceptors (Lipinski definition) is 6. The predicted molar refractivity (Wildman–Crippen MR) is 113 cm³/mol. The van der Waals surface area contributed by atoms with Crippen molar-refractivity contribution in [3.05, 3.63) is 53.8 Å². The summed E-state index contributed by atoms with van der Waals surface area (Å²) in [6.45, 7) is 5.36. The second-order valence-corrected chi connectivity index (χ2v) is 7.09. The van der Waals surface area contributed by atoms with Crippen molar-refractivity contribution in [3.8, 4) is 28.9 Å². The van der Waals surface area contributed by atoms with E-state index in [1.165, 1.54) is 12.1 Å². The zero-order valence-electron chi connectivity index (χ0n) is 17.0. The summed E-state index contributed by atoms with van der Waals surface area (Å²) in [5, 5.41) is 15.6. The number of nitrogens with one attached hydrogen (secondary N) is 1. The van der Waals surface area contributed by atoms with Gasteiger partial charge in [-0.25, -0.2) is 9.18 Å². The van der Waals surface area contributed by atoms with Crippen LogP contribution in [0.4, 0.5) is 14.9 Å². The minimum absolute atomic E-state index is 0.0240. The number of carbonyl (C=O) groups excluding carboxylic acids is 1. The van der Waals surface area contributed by atoms with Crippen LogP contribution in [0.1, 0.15) is 12.5 Å². The van der Waals surface area contributed by atoms with Gasteiger partial charge in [-0.2, -0.15) is 10.2 Å². The Balaban J connectivity index is 1.44. The summed E-state index contributed by atoms with van der Waals surface area (Å²) in [5.74, 6) is -0.176. The number of aromatic nitrogens is 2. The molecule has 2 heterocycles. The molecule has 8 nitrogen and oxygen atoms in total. The van der Waals surface area contributed by atoms with E-state index >= 15 is 0 Å². The molecule has 1 saturated heterocycles. The van der Waals surface area contributed by atoms with Gasteiger partial charge in [0.2, 0.25) is 5.82 Å². The van der Waals surface area contributed by atoms with Crippen LogP contribution in [-0.2, 0) is 0 Å². The lowest BCUT2D eigenvalue weighted by Crippen LogP contribution is -2.51. The first-order chi connectivity index (χ1) is 15.1. The third-order valence-electron chi connectivity index (χ3n) is 5.14. The van der Waals surface area contributed by atoms with Gasteiger partial charge in [0.15, 0.2) is 0 Å². The van der Waals surface area contributed by atoms with Crippen molar-refractivity contribution < 1.29 is 13.7 Å². The molecule has 31 heavy (non-hydrogen) atoms. The second kappa shape index (κ2) is 8.83. The number of benzene rings is 2. The molecule has 1 fully saturated rings. The summed E-state index contributed by atoms with van der Waals surface area (Å²) in [5.41, 5.74) is 2.16. The summed E-state index contributed by atoms with van der Waals surface area (Å²) in [4.78, 5) is 20.3. The average molecular weight is 420 g/mol. The highest BCUT2D eigenvalue weighted by Gasteiger charge is 2.21. The second-order valence-electron chi connectivity index (χ2n) is 7.09. The third-order valence-corrected chi connectivity index (χ3v) is 5.14. The first-order valence-corrected chi connectivity index (χ1v) is 10.0. The Morgan fingerprint density at radius 2 is 1.94 bits per heavy atom. The summed E-state index contributed by atoms with van der Waals surface area (Å²) in [7, 11) is 0. The Hall–Kier alpha value is -3.93. The van der Waals surface area contributed by atoms with Crippen molar-refractivity contribution in [2.45, 2.75) is 6.92 Å². The van der Waals surface area contributed by atoms with Crippen molar-refractivity contribution in [1.82, 2.24) is 20.4 Å². The van der Waals surface area contributed by atoms with E-state index in [9.17, 15) is 9.18 Å². The lowest BCUT2D eigenvalue weighted by molar-refractivity contribution is 0.195. The van der Waals surface area contributed by atoms with E-state index in [2.05, 4.69) is 20.4 Å². The van der Waals surface area contributed by atoms with Crippen LogP contribution in [0, 0.1) is 17.1 Å². The number of piperazine rings is 1. The first-order valence-electron chi connectivity index (χ1n) is 10.0. The number of rotatable bonds is 4. The van der Waals surface area contributed by atoms with Gasteiger partial charge in [0.1, 0.15) is 5.82 Å². The van der Waals surface area contributed by atoms with Crippen molar-refractivity contribution in [2.75, 3.05) is 37.6 Å². The minimum Gasteiger partial charge on any atom is -0.368 e. The number of carbonyl (C=O) groups is 1. The molecule has 4 rings (SSSR count). The van der Waals surface area contributed by atoms with E-state index in [1.54, 1.807) is 0 Å². The molecule has 0 bridgehead atoms. The van der Waals surface area contributed by atoms with Crippen molar-refractivity contribution in [3.63, 3.8) is 0 Å². The van der Waals surface area contributed by atoms with Crippen LogP contribution in [0.3, 0.4) is 0 Å². The number of halogens is 1. The fourth-order valence-corrected chi connectivity index (χ4v) is 3.46.